The van der Waals surface area contributed by atoms with Gasteiger partial charge in [0.25, 0.3) is 5.56 Å². The predicted molar refractivity (Wildman–Crippen MR) is 91.6 cm³/mol. The molecule has 0 aliphatic carbocycles. The third kappa shape index (κ3) is 4.88. The van der Waals surface area contributed by atoms with Crippen LogP contribution in [0.1, 0.15) is 5.56 Å². The second kappa shape index (κ2) is 7.72. The third-order valence-corrected chi connectivity index (χ3v) is 3.93. The first-order chi connectivity index (χ1) is 13.2. The highest BCUT2D eigenvalue weighted by atomic mass is 32.3. The maximum atomic E-state index is 14.3. The number of benzene rings is 2. The molecule has 2 aromatic carbocycles. The first-order valence-corrected chi connectivity index (χ1v) is 8.92. The van der Waals surface area contributed by atoms with E-state index >= 15 is 0 Å². The second-order valence-corrected chi connectivity index (χ2v) is 6.44. The first kappa shape index (κ1) is 19.4. The molecule has 0 radical (unpaired) electrons. The van der Waals surface area contributed by atoms with Gasteiger partial charge in [0.2, 0.25) is 0 Å². The fraction of sp³-hybridized carbons (Fsp3) is 0.0588. The number of rotatable bonds is 6. The van der Waals surface area contributed by atoms with Gasteiger partial charge in [0.1, 0.15) is 29.7 Å². The monoisotopic (exact) mass is 412 g/mol. The van der Waals surface area contributed by atoms with Gasteiger partial charge in [0.15, 0.2) is 0 Å². The fourth-order valence-corrected chi connectivity index (χ4v) is 2.64. The molecule has 0 atom stereocenters. The van der Waals surface area contributed by atoms with Crippen molar-refractivity contribution in [2.45, 2.75) is 6.61 Å². The largest absolute Gasteiger partial charge is 0.489 e. The van der Waals surface area contributed by atoms with Gasteiger partial charge in [-0.1, -0.05) is 3.89 Å². The standard InChI is InChI=1S/C17H11F3N2O5S/c18-15-5-10(11-7-17(23)22-21-8-11)6-16(19)14(15)9-26-12-1-3-13(4-2-12)27-28(20,24)25/h1-8H,9H2,(H,22,23). The molecule has 146 valence electrons. The van der Waals surface area contributed by atoms with E-state index in [0.717, 1.165) is 30.3 Å². The van der Waals surface area contributed by atoms with Crippen LogP contribution in [-0.2, 0) is 17.1 Å². The summed E-state index contributed by atoms with van der Waals surface area (Å²) in [6.45, 7) is -0.465. The van der Waals surface area contributed by atoms with E-state index in [0.29, 0.717) is 0 Å². The molecule has 0 fully saturated rings. The number of H-pyrrole nitrogens is 1. The number of hydrogen-bond donors (Lipinski definition) is 1. The molecule has 3 aromatic rings. The molecule has 0 spiro atoms. The van der Waals surface area contributed by atoms with E-state index in [1.165, 1.54) is 18.3 Å². The van der Waals surface area contributed by atoms with Gasteiger partial charge in [-0.2, -0.15) is 13.5 Å². The molecule has 0 aliphatic rings. The molecule has 0 saturated heterocycles. The van der Waals surface area contributed by atoms with Crippen molar-refractivity contribution in [3.8, 4) is 22.6 Å². The van der Waals surface area contributed by atoms with Crippen molar-refractivity contribution in [1.82, 2.24) is 10.2 Å². The highest BCUT2D eigenvalue weighted by Gasteiger charge is 2.14. The van der Waals surface area contributed by atoms with Crippen LogP contribution < -0.4 is 14.5 Å². The Bertz CT molecular complexity index is 1140. The number of hydrogen-bond acceptors (Lipinski definition) is 6. The minimum atomic E-state index is -5.15. The zero-order valence-corrected chi connectivity index (χ0v) is 14.7. The molecule has 0 unspecified atom stereocenters. The van der Waals surface area contributed by atoms with Crippen LogP contribution >= 0.6 is 0 Å². The van der Waals surface area contributed by atoms with Crippen molar-refractivity contribution in [1.29, 1.82) is 0 Å². The zero-order chi connectivity index (χ0) is 20.3. The summed E-state index contributed by atoms with van der Waals surface area (Å²) in [5.74, 6) is -1.93. The van der Waals surface area contributed by atoms with Crippen LogP contribution in [0.4, 0.5) is 12.7 Å². The maximum absolute atomic E-state index is 14.3. The minimum absolute atomic E-state index is 0.131. The van der Waals surface area contributed by atoms with E-state index in [1.807, 2.05) is 0 Å². The predicted octanol–water partition coefficient (Wildman–Crippen LogP) is 2.89. The smallest absolute Gasteiger partial charge is 0.488 e. The molecule has 0 amide bonds. The summed E-state index contributed by atoms with van der Waals surface area (Å²) < 4.78 is 71.1. The lowest BCUT2D eigenvalue weighted by atomic mass is 10.1. The molecule has 28 heavy (non-hydrogen) atoms. The highest BCUT2D eigenvalue weighted by Crippen LogP contribution is 2.25. The molecular weight excluding hydrogens is 401 g/mol. The van der Waals surface area contributed by atoms with Gasteiger partial charge in [0, 0.05) is 11.6 Å². The molecule has 3 rings (SSSR count). The molecule has 1 aromatic heterocycles. The number of nitrogens with zero attached hydrogens (tertiary/aromatic N) is 1. The Balaban J connectivity index is 1.75. The van der Waals surface area contributed by atoms with Crippen molar-refractivity contribution in [3.05, 3.63) is 76.2 Å². The Morgan fingerprint density at radius 1 is 0.964 bits per heavy atom. The molecule has 0 bridgehead atoms. The highest BCUT2D eigenvalue weighted by molar-refractivity contribution is 7.81. The number of aromatic nitrogens is 2. The fourth-order valence-electron chi connectivity index (χ4n) is 2.30. The van der Waals surface area contributed by atoms with Gasteiger partial charge in [-0.3, -0.25) is 4.79 Å². The number of halogens is 3. The summed E-state index contributed by atoms with van der Waals surface area (Å²) >= 11 is 0. The molecule has 7 nitrogen and oxygen atoms in total. The number of aromatic amines is 1. The lowest BCUT2D eigenvalue weighted by Gasteiger charge is -2.10. The lowest BCUT2D eigenvalue weighted by molar-refractivity contribution is 0.292. The van der Waals surface area contributed by atoms with Crippen LogP contribution in [-0.4, -0.2) is 18.6 Å². The van der Waals surface area contributed by atoms with Crippen molar-refractivity contribution in [3.63, 3.8) is 0 Å². The van der Waals surface area contributed by atoms with Gasteiger partial charge in [-0.15, -0.1) is 0 Å². The topological polar surface area (TPSA) is 98.3 Å². The summed E-state index contributed by atoms with van der Waals surface area (Å²) in [6.07, 6.45) is 1.26. The van der Waals surface area contributed by atoms with Crippen molar-refractivity contribution in [2.24, 2.45) is 0 Å². The molecule has 0 aliphatic heterocycles. The van der Waals surface area contributed by atoms with Gasteiger partial charge in [-0.25, -0.2) is 13.9 Å². The van der Waals surface area contributed by atoms with Gasteiger partial charge in [-0.05, 0) is 42.0 Å². The van der Waals surface area contributed by atoms with Crippen LogP contribution in [0.25, 0.3) is 11.1 Å². The summed E-state index contributed by atoms with van der Waals surface area (Å²) in [5, 5.41) is 5.73. The Hall–Kier alpha value is -3.34. The van der Waals surface area contributed by atoms with E-state index in [4.69, 9.17) is 4.74 Å². The SMILES string of the molecule is O=c1cc(-c2cc(F)c(COc3ccc(OS(=O)(=O)F)cc3)c(F)c2)cn[nH]1. The van der Waals surface area contributed by atoms with Crippen molar-refractivity contribution >= 4 is 10.5 Å². The average molecular weight is 412 g/mol. The Kier molecular flexibility index (Phi) is 5.36. The maximum Gasteiger partial charge on any atom is 0.488 e. The third-order valence-electron chi connectivity index (χ3n) is 3.54. The van der Waals surface area contributed by atoms with Gasteiger partial charge in [0.05, 0.1) is 11.8 Å². The second-order valence-electron chi connectivity index (χ2n) is 5.49. The molecule has 0 saturated carbocycles. The minimum Gasteiger partial charge on any atom is -0.489 e. The summed E-state index contributed by atoms with van der Waals surface area (Å²) in [5.41, 5.74) is -0.495. The normalized spacial score (nSPS) is 11.2. The van der Waals surface area contributed by atoms with E-state index in [9.17, 15) is 25.9 Å². The summed E-state index contributed by atoms with van der Waals surface area (Å²) in [4.78, 5) is 11.3. The van der Waals surface area contributed by atoms with Crippen molar-refractivity contribution < 1.29 is 30.0 Å². The van der Waals surface area contributed by atoms with E-state index < -0.39 is 34.3 Å². The van der Waals surface area contributed by atoms with Crippen molar-refractivity contribution in [2.75, 3.05) is 0 Å². The van der Waals surface area contributed by atoms with Crippen LogP contribution in [0.2, 0.25) is 0 Å². The van der Waals surface area contributed by atoms with Gasteiger partial charge < -0.3 is 8.92 Å². The molecule has 1 heterocycles. The van der Waals surface area contributed by atoms with Crippen LogP contribution in [0.3, 0.4) is 0 Å². The molecule has 1 N–H and O–H groups in total. The quantitative estimate of drug-likeness (QED) is 0.625. The number of nitrogens with one attached hydrogen (secondary N) is 1. The molecular formula is C17H11F3N2O5S. The summed E-state index contributed by atoms with van der Waals surface area (Å²) in [6, 6.07) is 7.95. The van der Waals surface area contributed by atoms with E-state index in [-0.39, 0.29) is 28.2 Å². The zero-order valence-electron chi connectivity index (χ0n) is 13.9. The Labute approximate surface area is 156 Å². The van der Waals surface area contributed by atoms with Crippen LogP contribution in [0.15, 0.2) is 53.5 Å². The van der Waals surface area contributed by atoms with E-state index in [1.54, 1.807) is 0 Å². The van der Waals surface area contributed by atoms with Crippen LogP contribution in [0, 0.1) is 11.6 Å². The van der Waals surface area contributed by atoms with Crippen LogP contribution in [0.5, 0.6) is 11.5 Å². The average Bonchev–Trinajstić information content (AvgIpc) is 2.61. The van der Waals surface area contributed by atoms with E-state index in [2.05, 4.69) is 14.4 Å². The summed E-state index contributed by atoms with van der Waals surface area (Å²) in [7, 11) is -5.15. The number of ether oxygens (including phenoxy) is 1. The van der Waals surface area contributed by atoms with Gasteiger partial charge >= 0.3 is 10.5 Å². The Morgan fingerprint density at radius 3 is 2.14 bits per heavy atom. The Morgan fingerprint density at radius 2 is 1.57 bits per heavy atom. The molecule has 11 heteroatoms. The lowest BCUT2D eigenvalue weighted by Crippen LogP contribution is -2.06. The first-order valence-electron chi connectivity index (χ1n) is 7.61.